The van der Waals surface area contributed by atoms with Crippen LogP contribution in [0.3, 0.4) is 0 Å². The minimum absolute atomic E-state index is 0.103. The Morgan fingerprint density at radius 3 is 2.41 bits per heavy atom. The molecule has 0 spiro atoms. The average Bonchev–Trinajstić information content (AvgIpc) is 3.08. The van der Waals surface area contributed by atoms with Crippen LogP contribution in [0.25, 0.3) is 5.76 Å². The van der Waals surface area contributed by atoms with Crippen LogP contribution in [0.2, 0.25) is 0 Å². The van der Waals surface area contributed by atoms with Crippen molar-refractivity contribution >= 4 is 17.4 Å². The zero-order valence-electron chi connectivity index (χ0n) is 20.7. The van der Waals surface area contributed by atoms with Crippen LogP contribution in [-0.4, -0.2) is 64.4 Å². The first-order chi connectivity index (χ1) is 16.3. The van der Waals surface area contributed by atoms with E-state index < -0.39 is 17.7 Å². The number of aryl methyl sites for hydroxylation is 1. The molecule has 1 saturated heterocycles. The second kappa shape index (κ2) is 11.3. The third kappa shape index (κ3) is 5.47. The summed E-state index contributed by atoms with van der Waals surface area (Å²) in [6, 6.07) is 8.20. The number of amides is 1. The van der Waals surface area contributed by atoms with Crippen LogP contribution in [0.5, 0.6) is 5.75 Å². The maximum atomic E-state index is 13.2. The molecule has 1 fully saturated rings. The summed E-state index contributed by atoms with van der Waals surface area (Å²) in [6.45, 7) is 13.5. The number of ether oxygens (including phenoxy) is 1. The Balaban J connectivity index is 2.02. The molecular weight excluding hydrogens is 430 g/mol. The number of aromatic nitrogens is 1. The summed E-state index contributed by atoms with van der Waals surface area (Å²) in [7, 11) is 0. The Hall–Kier alpha value is -3.19. The molecule has 0 unspecified atom stereocenters. The lowest BCUT2D eigenvalue weighted by Crippen LogP contribution is -2.38. The Labute approximate surface area is 202 Å². The molecule has 2 aromatic rings. The summed E-state index contributed by atoms with van der Waals surface area (Å²) in [5, 5.41) is 11.3. The van der Waals surface area contributed by atoms with Gasteiger partial charge in [-0.1, -0.05) is 27.7 Å². The van der Waals surface area contributed by atoms with Crippen LogP contribution in [0.15, 0.2) is 48.3 Å². The molecule has 1 aromatic heterocycles. The highest BCUT2D eigenvalue weighted by molar-refractivity contribution is 6.46. The number of aliphatic hydroxyl groups is 1. The van der Waals surface area contributed by atoms with Gasteiger partial charge < -0.3 is 19.6 Å². The Morgan fingerprint density at radius 1 is 1.15 bits per heavy atom. The second-order valence-electron chi connectivity index (χ2n) is 8.99. The molecule has 7 nitrogen and oxygen atoms in total. The molecule has 182 valence electrons. The number of likely N-dealkylation sites (N-methyl/N-ethyl adjacent to an activating group) is 1. The lowest BCUT2D eigenvalue weighted by molar-refractivity contribution is -0.140. The van der Waals surface area contributed by atoms with Crippen molar-refractivity contribution in [1.82, 2.24) is 14.8 Å². The van der Waals surface area contributed by atoms with Crippen LogP contribution in [-0.2, 0) is 9.59 Å². The molecule has 1 aromatic carbocycles. The van der Waals surface area contributed by atoms with Crippen LogP contribution < -0.4 is 4.74 Å². The van der Waals surface area contributed by atoms with E-state index in [9.17, 15) is 14.7 Å². The lowest BCUT2D eigenvalue weighted by atomic mass is 9.95. The molecule has 34 heavy (non-hydrogen) atoms. The molecule has 1 atom stereocenters. The molecule has 1 N–H and O–H groups in total. The van der Waals surface area contributed by atoms with Gasteiger partial charge in [-0.15, -0.1) is 0 Å². The smallest absolute Gasteiger partial charge is 0.295 e. The minimum atomic E-state index is -0.671. The highest BCUT2D eigenvalue weighted by Gasteiger charge is 2.46. The number of ketones is 1. The average molecular weight is 466 g/mol. The van der Waals surface area contributed by atoms with Crippen molar-refractivity contribution in [2.45, 2.75) is 40.7 Å². The molecule has 0 radical (unpaired) electrons. The fraction of sp³-hybridized carbons (Fsp3) is 0.444. The number of nitrogens with zero attached hydrogens (tertiary/aromatic N) is 3. The maximum Gasteiger partial charge on any atom is 0.295 e. The van der Waals surface area contributed by atoms with E-state index in [1.54, 1.807) is 47.6 Å². The predicted molar refractivity (Wildman–Crippen MR) is 133 cm³/mol. The number of benzene rings is 1. The zero-order chi connectivity index (χ0) is 24.8. The molecule has 7 heteroatoms. The van der Waals surface area contributed by atoms with E-state index in [-0.39, 0.29) is 11.3 Å². The van der Waals surface area contributed by atoms with Crippen LogP contribution in [0, 0.1) is 12.8 Å². The first-order valence-electron chi connectivity index (χ1n) is 11.9. The third-order valence-electron chi connectivity index (χ3n) is 6.13. The minimum Gasteiger partial charge on any atom is -0.507 e. The summed E-state index contributed by atoms with van der Waals surface area (Å²) in [5.74, 6) is -0.319. The van der Waals surface area contributed by atoms with Crippen molar-refractivity contribution in [3.05, 3.63) is 65.0 Å². The number of carbonyl (C=O) groups is 2. The Kier molecular flexibility index (Phi) is 8.45. The second-order valence-corrected chi connectivity index (χ2v) is 8.99. The summed E-state index contributed by atoms with van der Waals surface area (Å²) in [4.78, 5) is 34.1. The summed E-state index contributed by atoms with van der Waals surface area (Å²) in [6.07, 6.45) is 3.26. The van der Waals surface area contributed by atoms with Gasteiger partial charge >= 0.3 is 0 Å². The molecule has 1 amide bonds. The van der Waals surface area contributed by atoms with Gasteiger partial charge in [0, 0.05) is 31.0 Å². The van der Waals surface area contributed by atoms with E-state index in [0.29, 0.717) is 31.2 Å². The normalized spacial score (nSPS) is 17.7. The van der Waals surface area contributed by atoms with Gasteiger partial charge in [0.05, 0.1) is 18.2 Å². The van der Waals surface area contributed by atoms with E-state index in [4.69, 9.17) is 4.74 Å². The van der Waals surface area contributed by atoms with Crippen molar-refractivity contribution in [3.8, 4) is 5.75 Å². The van der Waals surface area contributed by atoms with Gasteiger partial charge in [0.25, 0.3) is 11.7 Å². The molecule has 0 bridgehead atoms. The Bertz CT molecular complexity index is 1050. The van der Waals surface area contributed by atoms with Crippen molar-refractivity contribution in [2.24, 2.45) is 5.92 Å². The van der Waals surface area contributed by atoms with Gasteiger partial charge in [-0.2, -0.15) is 0 Å². The number of Topliss-reactive ketones (excluding diaryl/α,β-unsaturated/α-hetero) is 1. The van der Waals surface area contributed by atoms with Crippen molar-refractivity contribution in [3.63, 3.8) is 0 Å². The van der Waals surface area contributed by atoms with Crippen LogP contribution in [0.1, 0.15) is 50.4 Å². The number of aliphatic hydroxyl groups excluding tert-OH is 1. The predicted octanol–water partition coefficient (Wildman–Crippen LogP) is 4.19. The van der Waals surface area contributed by atoms with Gasteiger partial charge in [-0.05, 0) is 67.4 Å². The van der Waals surface area contributed by atoms with Gasteiger partial charge in [0.2, 0.25) is 0 Å². The lowest BCUT2D eigenvalue weighted by Gasteiger charge is -2.28. The highest BCUT2D eigenvalue weighted by atomic mass is 16.5. The Morgan fingerprint density at radius 2 is 1.82 bits per heavy atom. The van der Waals surface area contributed by atoms with Crippen molar-refractivity contribution < 1.29 is 19.4 Å². The summed E-state index contributed by atoms with van der Waals surface area (Å²) >= 11 is 0. The van der Waals surface area contributed by atoms with Gasteiger partial charge in [-0.25, -0.2) is 0 Å². The van der Waals surface area contributed by atoms with Gasteiger partial charge in [0.1, 0.15) is 11.5 Å². The topological polar surface area (TPSA) is 83.0 Å². The van der Waals surface area contributed by atoms with Gasteiger partial charge in [-0.3, -0.25) is 14.6 Å². The number of rotatable bonds is 10. The number of hydrogen-bond donors (Lipinski definition) is 1. The molecular formula is C27H35N3O4. The van der Waals surface area contributed by atoms with E-state index in [2.05, 4.69) is 37.6 Å². The molecule has 3 rings (SSSR count). The quantitative estimate of drug-likeness (QED) is 0.322. The van der Waals surface area contributed by atoms with Crippen molar-refractivity contribution in [1.29, 1.82) is 0 Å². The van der Waals surface area contributed by atoms with E-state index in [0.717, 1.165) is 30.0 Å². The third-order valence-corrected chi connectivity index (χ3v) is 6.13. The molecule has 1 aliphatic rings. The number of likely N-dealkylation sites (tertiary alicyclic amines) is 1. The van der Waals surface area contributed by atoms with E-state index in [1.165, 1.54) is 0 Å². The first kappa shape index (κ1) is 25.4. The van der Waals surface area contributed by atoms with Crippen LogP contribution in [0.4, 0.5) is 0 Å². The molecule has 0 saturated carbocycles. The van der Waals surface area contributed by atoms with Crippen LogP contribution >= 0.6 is 0 Å². The number of carbonyl (C=O) groups excluding carboxylic acids is 2. The standard InChI is InChI=1S/C27H35N3O4/c1-6-29(7-2)14-15-30-24(20-10-12-28-13-11-20)23(26(32)27(30)33)25(31)21-8-9-22(19(5)16-21)34-17-18(3)4/h8-13,16,18,24,31H,6-7,14-15,17H2,1-5H3/b25-23+/t24-/m0/s1. The van der Waals surface area contributed by atoms with Crippen molar-refractivity contribution in [2.75, 3.05) is 32.8 Å². The van der Waals surface area contributed by atoms with Gasteiger partial charge in [0.15, 0.2) is 0 Å². The zero-order valence-corrected chi connectivity index (χ0v) is 20.7. The maximum absolute atomic E-state index is 13.2. The van der Waals surface area contributed by atoms with E-state index >= 15 is 0 Å². The summed E-state index contributed by atoms with van der Waals surface area (Å²) < 4.78 is 5.84. The fourth-order valence-corrected chi connectivity index (χ4v) is 4.16. The molecule has 0 aliphatic carbocycles. The first-order valence-corrected chi connectivity index (χ1v) is 11.9. The largest absolute Gasteiger partial charge is 0.507 e. The van der Waals surface area contributed by atoms with E-state index in [1.807, 2.05) is 6.92 Å². The number of hydrogen-bond acceptors (Lipinski definition) is 6. The monoisotopic (exact) mass is 465 g/mol. The highest BCUT2D eigenvalue weighted by Crippen LogP contribution is 2.39. The number of pyridine rings is 1. The SMILES string of the molecule is CCN(CC)CCN1C(=O)C(=O)/C(=C(/O)c2ccc(OCC(C)C)c(C)c2)[C@@H]1c1ccncc1. The summed E-state index contributed by atoms with van der Waals surface area (Å²) in [5.41, 5.74) is 2.17. The fourth-order valence-electron chi connectivity index (χ4n) is 4.16. The molecule has 1 aliphatic heterocycles. The molecule has 2 heterocycles.